The highest BCUT2D eigenvalue weighted by Gasteiger charge is 2.30. The average Bonchev–Trinajstić information content (AvgIpc) is 3.43. The number of nitrogens with zero attached hydrogens (tertiary/aromatic N) is 3. The standard InChI is InChI=1S/C25H29N5O3S2/c1-16(6-5-7-18-10-12-19(13-11-18)35(26,32)33)21(14-24-30-29-17(2)34-24)25(31)28-23-15-27-22-9-4-3-8-20(22)23/h3-4,8-13,15-16,20-21H,5-7,14H2,1-2H3,(H,28,31)(H2,26,32,33). The Morgan fingerprint density at radius 3 is 2.66 bits per heavy atom. The largest absolute Gasteiger partial charge is 0.327 e. The van der Waals surface area contributed by atoms with Crippen molar-refractivity contribution in [2.75, 3.05) is 0 Å². The Morgan fingerprint density at radius 1 is 1.20 bits per heavy atom. The summed E-state index contributed by atoms with van der Waals surface area (Å²) in [6.45, 7) is 4.00. The van der Waals surface area contributed by atoms with Crippen LogP contribution in [-0.2, 0) is 27.7 Å². The van der Waals surface area contributed by atoms with Gasteiger partial charge in [0.25, 0.3) is 0 Å². The van der Waals surface area contributed by atoms with Crippen molar-refractivity contribution >= 4 is 33.0 Å². The van der Waals surface area contributed by atoms with E-state index in [0.717, 1.165) is 46.2 Å². The molecule has 2 aliphatic rings. The predicted octanol–water partition coefficient (Wildman–Crippen LogP) is 3.47. The van der Waals surface area contributed by atoms with Gasteiger partial charge in [0.2, 0.25) is 15.9 Å². The van der Waals surface area contributed by atoms with Crippen LogP contribution >= 0.6 is 11.3 Å². The Labute approximate surface area is 209 Å². The highest BCUT2D eigenvalue weighted by Crippen LogP contribution is 2.28. The maximum absolute atomic E-state index is 13.4. The van der Waals surface area contributed by atoms with E-state index in [2.05, 4.69) is 27.4 Å². The first-order valence-corrected chi connectivity index (χ1v) is 13.9. The molecular formula is C25H29N5O3S2. The molecule has 1 aromatic heterocycles. The van der Waals surface area contributed by atoms with Gasteiger partial charge < -0.3 is 5.32 Å². The lowest BCUT2D eigenvalue weighted by Gasteiger charge is -2.24. The number of carbonyl (C=O) groups excluding carboxylic acids is 1. The Hall–Kier alpha value is -2.95. The molecule has 1 aromatic carbocycles. The first kappa shape index (κ1) is 25.2. The van der Waals surface area contributed by atoms with Crippen LogP contribution in [0.3, 0.4) is 0 Å². The summed E-state index contributed by atoms with van der Waals surface area (Å²) in [7, 11) is -3.70. The van der Waals surface area contributed by atoms with E-state index in [4.69, 9.17) is 5.14 Å². The molecule has 184 valence electrons. The van der Waals surface area contributed by atoms with Gasteiger partial charge in [-0.3, -0.25) is 9.79 Å². The maximum atomic E-state index is 13.4. The molecule has 4 rings (SSSR count). The first-order chi connectivity index (χ1) is 16.7. The fourth-order valence-electron chi connectivity index (χ4n) is 4.32. The predicted molar refractivity (Wildman–Crippen MR) is 137 cm³/mol. The van der Waals surface area contributed by atoms with Crippen molar-refractivity contribution in [1.82, 2.24) is 15.5 Å². The van der Waals surface area contributed by atoms with Crippen molar-refractivity contribution in [3.05, 3.63) is 76.0 Å². The van der Waals surface area contributed by atoms with Crippen LogP contribution in [0.5, 0.6) is 0 Å². The number of sulfonamides is 1. The molecule has 0 saturated carbocycles. The van der Waals surface area contributed by atoms with E-state index in [0.29, 0.717) is 6.42 Å². The van der Waals surface area contributed by atoms with Gasteiger partial charge >= 0.3 is 0 Å². The molecule has 2 aromatic rings. The van der Waals surface area contributed by atoms with Crippen molar-refractivity contribution < 1.29 is 13.2 Å². The van der Waals surface area contributed by atoms with Gasteiger partial charge in [-0.2, -0.15) is 0 Å². The van der Waals surface area contributed by atoms with Gasteiger partial charge in [0.1, 0.15) is 10.0 Å². The van der Waals surface area contributed by atoms with Gasteiger partial charge in [0.05, 0.1) is 16.5 Å². The lowest BCUT2D eigenvalue weighted by molar-refractivity contribution is -0.125. The molecule has 2 heterocycles. The number of aromatic nitrogens is 2. The van der Waals surface area contributed by atoms with Crippen LogP contribution in [0.4, 0.5) is 0 Å². The normalized spacial score (nSPS) is 18.5. The average molecular weight is 512 g/mol. The minimum absolute atomic E-state index is 0.0102. The minimum Gasteiger partial charge on any atom is -0.327 e. The number of hydrogen-bond donors (Lipinski definition) is 2. The number of allylic oxidation sites excluding steroid dienone is 4. The number of hydrogen-bond acceptors (Lipinski definition) is 7. The van der Waals surface area contributed by atoms with Crippen molar-refractivity contribution in [1.29, 1.82) is 0 Å². The Kier molecular flexibility index (Phi) is 7.73. The summed E-state index contributed by atoms with van der Waals surface area (Å²) < 4.78 is 22.9. The van der Waals surface area contributed by atoms with Crippen LogP contribution in [0, 0.1) is 24.7 Å². The fourth-order valence-corrected chi connectivity index (χ4v) is 5.61. The quantitative estimate of drug-likeness (QED) is 0.505. The summed E-state index contributed by atoms with van der Waals surface area (Å²) in [5, 5.41) is 18.4. The summed E-state index contributed by atoms with van der Waals surface area (Å²) in [5.74, 6) is -0.204. The Morgan fingerprint density at radius 2 is 1.97 bits per heavy atom. The molecule has 10 heteroatoms. The summed E-state index contributed by atoms with van der Waals surface area (Å²) in [6.07, 6.45) is 12.6. The van der Waals surface area contributed by atoms with E-state index in [1.54, 1.807) is 18.3 Å². The highest BCUT2D eigenvalue weighted by molar-refractivity contribution is 7.89. The number of aryl methyl sites for hydroxylation is 2. The zero-order chi connectivity index (χ0) is 25.0. The van der Waals surface area contributed by atoms with Crippen molar-refractivity contribution in [2.45, 2.75) is 44.4 Å². The van der Waals surface area contributed by atoms with Crippen LogP contribution in [0.2, 0.25) is 0 Å². The molecular weight excluding hydrogens is 482 g/mol. The van der Waals surface area contributed by atoms with Crippen LogP contribution in [0.25, 0.3) is 0 Å². The van der Waals surface area contributed by atoms with Gasteiger partial charge in [-0.05, 0) is 55.9 Å². The van der Waals surface area contributed by atoms with Crippen LogP contribution in [-0.4, -0.2) is 30.2 Å². The summed E-state index contributed by atoms with van der Waals surface area (Å²) >= 11 is 1.52. The van der Waals surface area contributed by atoms with Crippen LogP contribution in [0.15, 0.2) is 70.4 Å². The number of carbonyl (C=O) groups is 1. The lowest BCUT2D eigenvalue weighted by atomic mass is 9.85. The molecule has 3 N–H and O–H groups in total. The second-order valence-electron chi connectivity index (χ2n) is 8.93. The summed E-state index contributed by atoms with van der Waals surface area (Å²) in [4.78, 5) is 18.0. The van der Waals surface area contributed by atoms with Crippen LogP contribution < -0.4 is 10.5 Å². The zero-order valence-electron chi connectivity index (χ0n) is 19.7. The van der Waals surface area contributed by atoms with E-state index < -0.39 is 10.0 Å². The second-order valence-corrected chi connectivity index (χ2v) is 11.8. The molecule has 3 atom stereocenters. The van der Waals surface area contributed by atoms with Crippen LogP contribution in [0.1, 0.15) is 35.3 Å². The first-order valence-electron chi connectivity index (χ1n) is 11.5. The smallest absolute Gasteiger partial charge is 0.238 e. The van der Waals surface area contributed by atoms with E-state index in [1.165, 1.54) is 23.5 Å². The number of fused-ring (bicyclic) bond motifs is 1. The second kappa shape index (κ2) is 10.8. The fraction of sp³-hybridized carbons (Fsp3) is 0.360. The number of benzene rings is 1. The number of aliphatic imine (C=N–C) groups is 1. The number of nitrogens with two attached hydrogens (primary N) is 1. The maximum Gasteiger partial charge on any atom is 0.238 e. The molecule has 1 aliphatic heterocycles. The number of rotatable bonds is 10. The van der Waals surface area contributed by atoms with E-state index in [1.807, 2.05) is 31.2 Å². The summed E-state index contributed by atoms with van der Waals surface area (Å²) in [5.41, 5.74) is 2.76. The Balaban J connectivity index is 1.39. The molecule has 1 amide bonds. The topological polar surface area (TPSA) is 127 Å². The molecule has 0 saturated heterocycles. The molecule has 35 heavy (non-hydrogen) atoms. The van der Waals surface area contributed by atoms with Gasteiger partial charge in [-0.25, -0.2) is 13.6 Å². The van der Waals surface area contributed by atoms with E-state index in [-0.39, 0.29) is 28.6 Å². The molecule has 0 fully saturated rings. The summed E-state index contributed by atoms with van der Waals surface area (Å²) in [6, 6.07) is 6.63. The van der Waals surface area contributed by atoms with Gasteiger partial charge in [0, 0.05) is 24.2 Å². The number of primary sulfonamides is 1. The molecule has 0 bridgehead atoms. The van der Waals surface area contributed by atoms with Crippen molar-refractivity contribution in [2.24, 2.45) is 27.9 Å². The molecule has 0 radical (unpaired) electrons. The van der Waals surface area contributed by atoms with E-state index >= 15 is 0 Å². The molecule has 1 aliphatic carbocycles. The lowest BCUT2D eigenvalue weighted by Crippen LogP contribution is -2.37. The van der Waals surface area contributed by atoms with Gasteiger partial charge in [-0.15, -0.1) is 21.5 Å². The third-order valence-electron chi connectivity index (χ3n) is 6.32. The molecule has 8 nitrogen and oxygen atoms in total. The van der Waals surface area contributed by atoms with E-state index in [9.17, 15) is 13.2 Å². The van der Waals surface area contributed by atoms with Crippen molar-refractivity contribution in [3.8, 4) is 0 Å². The Bertz CT molecular complexity index is 1310. The number of nitrogens with one attached hydrogen (secondary N) is 1. The zero-order valence-corrected chi connectivity index (χ0v) is 21.3. The molecule has 3 unspecified atom stereocenters. The van der Waals surface area contributed by atoms with Gasteiger partial charge in [-0.1, -0.05) is 37.3 Å². The minimum atomic E-state index is -3.70. The SMILES string of the molecule is Cc1nnc(CC(C(=O)NC2=CN=C3C=CC=CC23)C(C)CCCc2ccc(S(N)(=O)=O)cc2)s1. The van der Waals surface area contributed by atoms with Gasteiger partial charge in [0.15, 0.2) is 0 Å². The molecule has 0 spiro atoms. The van der Waals surface area contributed by atoms with Crippen molar-refractivity contribution in [3.63, 3.8) is 0 Å². The number of amides is 1. The monoisotopic (exact) mass is 511 g/mol. The third-order valence-corrected chi connectivity index (χ3v) is 8.11. The third kappa shape index (κ3) is 6.39. The highest BCUT2D eigenvalue weighted by atomic mass is 32.2.